The van der Waals surface area contributed by atoms with Gasteiger partial charge in [0.2, 0.25) is 5.52 Å². The van der Waals surface area contributed by atoms with Crippen molar-refractivity contribution in [1.82, 2.24) is 15.6 Å². The molecule has 3 aromatic rings. The molecular weight excluding hydrogens is 526 g/mol. The first-order chi connectivity index (χ1) is 20.0. The van der Waals surface area contributed by atoms with Gasteiger partial charge in [-0.25, -0.2) is 9.42 Å². The van der Waals surface area contributed by atoms with E-state index in [-0.39, 0.29) is 29.2 Å². The number of carbonyl (C=O) groups excluding carboxylic acids is 1. The molecule has 2 aliphatic carbocycles. The van der Waals surface area contributed by atoms with E-state index >= 15 is 0 Å². The Labute approximate surface area is 238 Å². The second kappa shape index (κ2) is 13.4. The Balaban J connectivity index is 1.06. The quantitative estimate of drug-likeness (QED) is 0.118. The van der Waals surface area contributed by atoms with Crippen LogP contribution in [0.25, 0.3) is 11.0 Å². The lowest BCUT2D eigenvalue weighted by Gasteiger charge is -2.24. The summed E-state index contributed by atoms with van der Waals surface area (Å²) in [7, 11) is 0. The highest BCUT2D eigenvalue weighted by Gasteiger charge is 2.27. The highest BCUT2D eigenvalue weighted by Crippen LogP contribution is 2.29. The van der Waals surface area contributed by atoms with Crippen LogP contribution in [0.5, 0.6) is 0 Å². The van der Waals surface area contributed by atoms with Gasteiger partial charge in [0.1, 0.15) is 17.9 Å². The Kier molecular flexibility index (Phi) is 9.25. The van der Waals surface area contributed by atoms with Crippen molar-refractivity contribution in [2.24, 2.45) is 5.92 Å². The molecule has 1 saturated carbocycles. The molecule has 0 spiro atoms. The predicted molar refractivity (Wildman–Crippen MR) is 153 cm³/mol. The van der Waals surface area contributed by atoms with E-state index in [1.54, 1.807) is 6.07 Å². The van der Waals surface area contributed by atoms with Crippen LogP contribution in [-0.4, -0.2) is 47.0 Å². The third-order valence-corrected chi connectivity index (χ3v) is 7.43. The van der Waals surface area contributed by atoms with Crippen LogP contribution < -0.4 is 10.6 Å². The standard InChI is InChI=1S/C30H35N5O6/c1-20-6-4-7-22(18-20)27(30(36)40-24-8-2-3-9-24)32-19-21-10-12-23(13-11-21)39-17-5-16-31-25-14-15-26(35(37)38)29-28(25)33-41-34-29/h4,6-7,10,12-15,18,21,24,27,31-32H,2-3,5,8-9,11,16-17,19H2,1H3. The smallest absolute Gasteiger partial charge is 0.328 e. The molecule has 1 aromatic heterocycles. The first kappa shape index (κ1) is 28.3. The van der Waals surface area contributed by atoms with Crippen molar-refractivity contribution in [1.29, 1.82) is 0 Å². The Hall–Kier alpha value is -4.25. The molecule has 0 saturated heterocycles. The lowest BCUT2D eigenvalue weighted by molar-refractivity contribution is -0.383. The highest BCUT2D eigenvalue weighted by molar-refractivity contribution is 5.93. The molecule has 5 rings (SSSR count). The Bertz CT molecular complexity index is 1430. The maximum absolute atomic E-state index is 13.1. The zero-order chi connectivity index (χ0) is 28.6. The van der Waals surface area contributed by atoms with Crippen molar-refractivity contribution in [3.63, 3.8) is 0 Å². The minimum atomic E-state index is -0.510. The second-order valence-electron chi connectivity index (χ2n) is 10.5. The number of benzene rings is 2. The summed E-state index contributed by atoms with van der Waals surface area (Å²) in [6, 6.07) is 10.5. The van der Waals surface area contributed by atoms with E-state index in [0.29, 0.717) is 37.3 Å². The number of ether oxygens (including phenoxy) is 2. The molecule has 0 bridgehead atoms. The molecule has 216 valence electrons. The Morgan fingerprint density at radius 3 is 2.78 bits per heavy atom. The summed E-state index contributed by atoms with van der Waals surface area (Å²) in [6.45, 7) is 3.75. The lowest BCUT2D eigenvalue weighted by atomic mass is 9.98. The Morgan fingerprint density at radius 2 is 2.02 bits per heavy atom. The molecule has 2 aliphatic rings. The van der Waals surface area contributed by atoms with Gasteiger partial charge in [0.25, 0.3) is 0 Å². The fourth-order valence-electron chi connectivity index (χ4n) is 5.23. The van der Waals surface area contributed by atoms with Crippen LogP contribution in [-0.2, 0) is 14.3 Å². The number of rotatable bonds is 13. The van der Waals surface area contributed by atoms with Gasteiger partial charge in [-0.1, -0.05) is 35.9 Å². The van der Waals surface area contributed by atoms with Crippen molar-refractivity contribution >= 4 is 28.4 Å². The van der Waals surface area contributed by atoms with Crippen molar-refractivity contribution in [3.05, 3.63) is 81.6 Å². The number of carbonyl (C=O) groups is 1. The number of hydrogen-bond donors (Lipinski definition) is 2. The van der Waals surface area contributed by atoms with E-state index in [4.69, 9.17) is 14.1 Å². The van der Waals surface area contributed by atoms with E-state index in [9.17, 15) is 14.9 Å². The number of hydrogen-bond acceptors (Lipinski definition) is 10. The van der Waals surface area contributed by atoms with Gasteiger partial charge in [0.05, 0.1) is 17.2 Å². The van der Waals surface area contributed by atoms with Gasteiger partial charge in [-0.05, 0) is 85.5 Å². The molecular formula is C30H35N5O6. The number of fused-ring (bicyclic) bond motifs is 1. The van der Waals surface area contributed by atoms with Gasteiger partial charge in [-0.2, -0.15) is 0 Å². The summed E-state index contributed by atoms with van der Waals surface area (Å²) in [5.41, 5.74) is 2.96. The molecule has 1 heterocycles. The summed E-state index contributed by atoms with van der Waals surface area (Å²) in [4.78, 5) is 23.7. The maximum atomic E-state index is 13.1. The zero-order valence-electron chi connectivity index (χ0n) is 23.1. The Morgan fingerprint density at radius 1 is 1.20 bits per heavy atom. The molecule has 1 fully saturated rings. The highest BCUT2D eigenvalue weighted by atomic mass is 16.6. The minimum Gasteiger partial charge on any atom is -0.494 e. The predicted octanol–water partition coefficient (Wildman–Crippen LogP) is 5.53. The lowest BCUT2D eigenvalue weighted by Crippen LogP contribution is -2.35. The van der Waals surface area contributed by atoms with Crippen LogP contribution in [0.1, 0.15) is 55.7 Å². The topological polar surface area (TPSA) is 142 Å². The van der Waals surface area contributed by atoms with Gasteiger partial charge < -0.3 is 20.1 Å². The number of nitro benzene ring substituents is 1. The van der Waals surface area contributed by atoms with E-state index in [1.165, 1.54) is 6.07 Å². The van der Waals surface area contributed by atoms with E-state index in [2.05, 4.69) is 33.1 Å². The van der Waals surface area contributed by atoms with Gasteiger partial charge >= 0.3 is 11.7 Å². The van der Waals surface area contributed by atoms with Crippen molar-refractivity contribution in [2.45, 2.75) is 57.6 Å². The normalized spacial score (nSPS) is 17.8. The maximum Gasteiger partial charge on any atom is 0.328 e. The van der Waals surface area contributed by atoms with Crippen molar-refractivity contribution < 1.29 is 23.8 Å². The SMILES string of the molecule is Cc1cccc(C(NCC2C=CC(OCCCNc3ccc([N+](=O)[O-])c4nonc34)=CC2)C(=O)OC2CCCC2)c1. The molecule has 2 N–H and O–H groups in total. The molecule has 11 nitrogen and oxygen atoms in total. The monoisotopic (exact) mass is 561 g/mol. The van der Waals surface area contributed by atoms with E-state index in [0.717, 1.165) is 49.0 Å². The van der Waals surface area contributed by atoms with Crippen LogP contribution in [0.2, 0.25) is 0 Å². The summed E-state index contributed by atoms with van der Waals surface area (Å²) >= 11 is 0. The number of non-ortho nitro benzene ring substituents is 1. The molecule has 41 heavy (non-hydrogen) atoms. The summed E-state index contributed by atoms with van der Waals surface area (Å²) < 4.78 is 16.5. The summed E-state index contributed by atoms with van der Waals surface area (Å²) in [5, 5.41) is 25.2. The number of anilines is 1. The average molecular weight is 562 g/mol. The average Bonchev–Trinajstić information content (AvgIpc) is 3.66. The number of aryl methyl sites for hydroxylation is 1. The molecule has 11 heteroatoms. The molecule has 0 amide bonds. The van der Waals surface area contributed by atoms with Gasteiger partial charge in [0, 0.05) is 19.2 Å². The van der Waals surface area contributed by atoms with Crippen LogP contribution in [0.15, 0.2) is 65.0 Å². The first-order valence-electron chi connectivity index (χ1n) is 14.1. The van der Waals surface area contributed by atoms with Crippen molar-refractivity contribution in [3.8, 4) is 0 Å². The van der Waals surface area contributed by atoms with E-state index < -0.39 is 11.0 Å². The summed E-state index contributed by atoms with van der Waals surface area (Å²) in [5.74, 6) is 0.844. The van der Waals surface area contributed by atoms with E-state index in [1.807, 2.05) is 37.3 Å². The largest absolute Gasteiger partial charge is 0.494 e. The fourth-order valence-corrected chi connectivity index (χ4v) is 5.23. The number of nitro groups is 1. The molecule has 2 aromatic carbocycles. The second-order valence-corrected chi connectivity index (χ2v) is 10.5. The zero-order valence-corrected chi connectivity index (χ0v) is 23.1. The third-order valence-electron chi connectivity index (χ3n) is 7.43. The number of nitrogens with zero attached hydrogens (tertiary/aromatic N) is 3. The minimum absolute atomic E-state index is 0.0264. The van der Waals surface area contributed by atoms with Crippen LogP contribution in [0, 0.1) is 23.0 Å². The van der Waals surface area contributed by atoms with Gasteiger partial charge in [-0.15, -0.1) is 0 Å². The fraction of sp³-hybridized carbons (Fsp3) is 0.433. The van der Waals surface area contributed by atoms with Crippen LogP contribution in [0.4, 0.5) is 11.4 Å². The number of esters is 1. The molecule has 2 unspecified atom stereocenters. The first-order valence-corrected chi connectivity index (χ1v) is 14.1. The number of allylic oxidation sites excluding steroid dienone is 2. The number of aromatic nitrogens is 2. The van der Waals surface area contributed by atoms with Gasteiger partial charge in [0.15, 0.2) is 5.52 Å². The molecule has 2 atom stereocenters. The third kappa shape index (κ3) is 7.29. The summed E-state index contributed by atoms with van der Waals surface area (Å²) in [6.07, 6.45) is 11.8. The molecule has 0 radical (unpaired) electrons. The van der Waals surface area contributed by atoms with Crippen molar-refractivity contribution in [2.75, 3.05) is 25.0 Å². The van der Waals surface area contributed by atoms with Gasteiger partial charge in [-0.3, -0.25) is 10.1 Å². The number of nitrogens with one attached hydrogen (secondary N) is 2. The molecule has 0 aliphatic heterocycles. The van der Waals surface area contributed by atoms with Crippen LogP contribution in [0.3, 0.4) is 0 Å². The van der Waals surface area contributed by atoms with Crippen LogP contribution >= 0.6 is 0 Å².